The highest BCUT2D eigenvalue weighted by Gasteiger charge is 2.19. The lowest BCUT2D eigenvalue weighted by Gasteiger charge is -2.12. The van der Waals surface area contributed by atoms with Gasteiger partial charge in [0.15, 0.2) is 5.16 Å². The van der Waals surface area contributed by atoms with Crippen molar-refractivity contribution in [2.75, 3.05) is 6.26 Å². The van der Waals surface area contributed by atoms with Crippen molar-refractivity contribution in [1.82, 2.24) is 9.55 Å². The summed E-state index contributed by atoms with van der Waals surface area (Å²) in [6.07, 6.45) is 1.81. The fourth-order valence-corrected chi connectivity index (χ4v) is 4.02. The first-order valence-electron chi connectivity index (χ1n) is 8.45. The maximum atomic E-state index is 11.1. The molecule has 10 heteroatoms. The van der Waals surface area contributed by atoms with E-state index in [1.165, 1.54) is 11.8 Å². The highest BCUT2D eigenvalue weighted by atomic mass is 35.5. The van der Waals surface area contributed by atoms with E-state index in [-0.39, 0.29) is 6.73 Å². The smallest absolute Gasteiger partial charge is 0.455 e. The van der Waals surface area contributed by atoms with Crippen LogP contribution in [0.1, 0.15) is 0 Å². The molecule has 0 bridgehead atoms. The van der Waals surface area contributed by atoms with E-state index in [1.54, 1.807) is 16.7 Å². The van der Waals surface area contributed by atoms with Gasteiger partial charge >= 0.3 is 7.82 Å². The van der Waals surface area contributed by atoms with Gasteiger partial charge in [0.05, 0.1) is 16.1 Å². The van der Waals surface area contributed by atoms with Gasteiger partial charge in [-0.3, -0.25) is 9.09 Å². The number of hydrogen-bond acceptors (Lipinski definition) is 5. The van der Waals surface area contributed by atoms with E-state index >= 15 is 0 Å². The summed E-state index contributed by atoms with van der Waals surface area (Å²) < 4.78 is 23.5. The number of hydrogen-bond donors (Lipinski definition) is 2. The molecule has 0 amide bonds. The normalized spacial score (nSPS) is 12.0. The number of imidazole rings is 1. The molecule has 0 fully saturated rings. The van der Waals surface area contributed by atoms with Gasteiger partial charge in [-0.05, 0) is 23.8 Å². The average Bonchev–Trinajstić information content (AvgIpc) is 3.03. The maximum Gasteiger partial charge on any atom is 0.471 e. The lowest BCUT2D eigenvalue weighted by Crippen LogP contribution is -2.02. The molecule has 29 heavy (non-hydrogen) atoms. The van der Waals surface area contributed by atoms with E-state index in [2.05, 4.69) is 9.51 Å². The lowest BCUT2D eigenvalue weighted by molar-refractivity contribution is 0.151. The molecule has 4 aromatic rings. The molecule has 0 unspecified atom stereocenters. The van der Waals surface area contributed by atoms with Crippen molar-refractivity contribution in [3.05, 3.63) is 59.6 Å². The number of phosphoric ester groups is 1. The number of benzene rings is 3. The maximum absolute atomic E-state index is 11.1. The Kier molecular flexibility index (Phi) is 5.57. The van der Waals surface area contributed by atoms with E-state index in [1.807, 2.05) is 48.7 Å². The first-order valence-corrected chi connectivity index (χ1v) is 11.6. The van der Waals surface area contributed by atoms with Gasteiger partial charge in [-0.25, -0.2) is 9.55 Å². The Balaban J connectivity index is 1.78. The van der Waals surface area contributed by atoms with Crippen LogP contribution in [0.15, 0.2) is 59.8 Å². The zero-order valence-electron chi connectivity index (χ0n) is 15.2. The van der Waals surface area contributed by atoms with Gasteiger partial charge in [0.1, 0.15) is 18.2 Å². The quantitative estimate of drug-likeness (QED) is 0.299. The number of halogens is 1. The van der Waals surface area contributed by atoms with Crippen LogP contribution in [0.3, 0.4) is 0 Å². The second kappa shape index (κ2) is 7.99. The van der Waals surface area contributed by atoms with Gasteiger partial charge in [0, 0.05) is 11.5 Å². The van der Waals surface area contributed by atoms with Gasteiger partial charge in [-0.15, -0.1) is 0 Å². The molecular weight excluding hydrogens is 435 g/mol. The van der Waals surface area contributed by atoms with Crippen molar-refractivity contribution in [3.63, 3.8) is 0 Å². The summed E-state index contributed by atoms with van der Waals surface area (Å²) in [5, 5.41) is 2.88. The standard InChI is InChI=1S/C19H16ClN2O5PS/c1-29-19-21-15-9-14(20)18(10-16(15)22(19)11-26-28(23,24)25)27-17-8-4-6-12-5-2-3-7-13(12)17/h2-10H,11H2,1H3,(H2,23,24,25). The first-order chi connectivity index (χ1) is 13.9. The van der Waals surface area contributed by atoms with Crippen molar-refractivity contribution < 1.29 is 23.6 Å². The minimum absolute atomic E-state index is 0.355. The second-order valence-corrected chi connectivity index (χ2v) is 8.55. The number of phosphoric acid groups is 1. The monoisotopic (exact) mass is 450 g/mol. The lowest BCUT2D eigenvalue weighted by atomic mass is 10.1. The van der Waals surface area contributed by atoms with Gasteiger partial charge in [0.25, 0.3) is 0 Å². The summed E-state index contributed by atoms with van der Waals surface area (Å²) in [5.41, 5.74) is 1.15. The average molecular weight is 451 g/mol. The summed E-state index contributed by atoms with van der Waals surface area (Å²) >= 11 is 7.75. The summed E-state index contributed by atoms with van der Waals surface area (Å²) in [6, 6.07) is 16.9. The van der Waals surface area contributed by atoms with Crippen LogP contribution >= 0.6 is 31.2 Å². The molecule has 150 valence electrons. The molecule has 0 aliphatic rings. The van der Waals surface area contributed by atoms with Crippen LogP contribution in [-0.2, 0) is 15.8 Å². The number of fused-ring (bicyclic) bond motifs is 2. The Morgan fingerprint density at radius 1 is 1.14 bits per heavy atom. The highest BCUT2D eigenvalue weighted by Crippen LogP contribution is 2.39. The fraction of sp³-hybridized carbons (Fsp3) is 0.105. The van der Waals surface area contributed by atoms with Gasteiger partial charge < -0.3 is 14.5 Å². The van der Waals surface area contributed by atoms with Crippen molar-refractivity contribution in [1.29, 1.82) is 0 Å². The molecule has 0 aliphatic heterocycles. The van der Waals surface area contributed by atoms with Crippen LogP contribution in [0, 0.1) is 0 Å². The van der Waals surface area contributed by atoms with Crippen LogP contribution in [0.25, 0.3) is 21.8 Å². The molecule has 7 nitrogen and oxygen atoms in total. The Labute approximate surface area is 175 Å². The van der Waals surface area contributed by atoms with Crippen molar-refractivity contribution >= 4 is 53.0 Å². The van der Waals surface area contributed by atoms with E-state index < -0.39 is 7.82 Å². The zero-order valence-corrected chi connectivity index (χ0v) is 17.6. The molecule has 0 saturated heterocycles. The van der Waals surface area contributed by atoms with Crippen LogP contribution in [0.5, 0.6) is 11.5 Å². The minimum atomic E-state index is -4.63. The number of aromatic nitrogens is 2. The van der Waals surface area contributed by atoms with Gasteiger partial charge in [-0.1, -0.05) is 59.8 Å². The molecule has 1 aromatic heterocycles. The third kappa shape index (κ3) is 4.28. The number of ether oxygens (including phenoxy) is 1. The van der Waals surface area contributed by atoms with Crippen molar-refractivity contribution in [2.45, 2.75) is 11.9 Å². The largest absolute Gasteiger partial charge is 0.471 e. The molecule has 0 spiro atoms. The third-order valence-electron chi connectivity index (χ3n) is 4.27. The molecule has 0 saturated carbocycles. The molecule has 0 atom stereocenters. The topological polar surface area (TPSA) is 93.8 Å². The van der Waals surface area contributed by atoms with Gasteiger partial charge in [0.2, 0.25) is 0 Å². The summed E-state index contributed by atoms with van der Waals surface area (Å²) in [4.78, 5) is 22.5. The zero-order chi connectivity index (χ0) is 20.6. The number of rotatable bonds is 6. The molecule has 4 rings (SSSR count). The Morgan fingerprint density at radius 3 is 2.66 bits per heavy atom. The molecule has 0 aliphatic carbocycles. The summed E-state index contributed by atoms with van der Waals surface area (Å²) in [7, 11) is -4.63. The SMILES string of the molecule is CSc1nc2cc(Cl)c(Oc3cccc4ccccc34)cc2n1COP(=O)(O)O. The Morgan fingerprint density at radius 2 is 1.90 bits per heavy atom. The van der Waals surface area contributed by atoms with E-state index in [4.69, 9.17) is 26.1 Å². The Bertz CT molecular complexity index is 1250. The Hall–Kier alpha value is -2.06. The second-order valence-electron chi connectivity index (χ2n) is 6.13. The molecule has 2 N–H and O–H groups in total. The third-order valence-corrected chi connectivity index (χ3v) is 5.70. The minimum Gasteiger partial charge on any atom is -0.455 e. The van der Waals surface area contributed by atoms with Crippen LogP contribution in [0.4, 0.5) is 0 Å². The predicted octanol–water partition coefficient (Wildman–Crippen LogP) is 5.42. The van der Waals surface area contributed by atoms with Crippen molar-refractivity contribution in [2.24, 2.45) is 0 Å². The van der Waals surface area contributed by atoms with E-state index in [0.717, 1.165) is 10.8 Å². The van der Waals surface area contributed by atoms with E-state index in [0.29, 0.717) is 32.7 Å². The van der Waals surface area contributed by atoms with Crippen LogP contribution in [-0.4, -0.2) is 25.6 Å². The summed E-state index contributed by atoms with van der Waals surface area (Å²) in [6.45, 7) is -0.355. The number of nitrogens with zero attached hydrogens (tertiary/aromatic N) is 2. The van der Waals surface area contributed by atoms with Crippen molar-refractivity contribution in [3.8, 4) is 11.5 Å². The number of thioether (sulfide) groups is 1. The first kappa shape index (κ1) is 20.2. The molecular formula is C19H16ClN2O5PS. The highest BCUT2D eigenvalue weighted by molar-refractivity contribution is 7.98. The van der Waals surface area contributed by atoms with Crippen LogP contribution < -0.4 is 4.74 Å². The summed E-state index contributed by atoms with van der Waals surface area (Å²) in [5.74, 6) is 1.05. The molecule has 0 radical (unpaired) electrons. The van der Waals surface area contributed by atoms with E-state index in [9.17, 15) is 4.57 Å². The van der Waals surface area contributed by atoms with Gasteiger partial charge in [-0.2, -0.15) is 0 Å². The fourth-order valence-electron chi connectivity index (χ4n) is 3.00. The molecule has 1 heterocycles. The van der Waals surface area contributed by atoms with Crippen LogP contribution in [0.2, 0.25) is 5.02 Å². The predicted molar refractivity (Wildman–Crippen MR) is 114 cm³/mol. The molecule has 3 aromatic carbocycles.